The maximum Gasteiger partial charge on any atom is 0.252 e. The second kappa shape index (κ2) is 8.94. The summed E-state index contributed by atoms with van der Waals surface area (Å²) in [4.78, 5) is 29.5. The summed E-state index contributed by atoms with van der Waals surface area (Å²) in [5, 5.41) is 3.44. The van der Waals surface area contributed by atoms with Gasteiger partial charge < -0.3 is 15.0 Å². The Balaban J connectivity index is 1.52. The largest absolute Gasteiger partial charge is 0.379 e. The second-order valence-corrected chi connectivity index (χ2v) is 11.0. The van der Waals surface area contributed by atoms with Crippen LogP contribution in [-0.2, 0) is 14.8 Å². The molecule has 1 fully saturated rings. The Labute approximate surface area is 195 Å². The molecule has 1 amide bonds. The van der Waals surface area contributed by atoms with Gasteiger partial charge in [0.05, 0.1) is 29.7 Å². The van der Waals surface area contributed by atoms with Crippen LogP contribution in [0, 0.1) is 0 Å². The smallest absolute Gasteiger partial charge is 0.252 e. The van der Waals surface area contributed by atoms with Gasteiger partial charge in [-0.25, -0.2) is 8.42 Å². The molecule has 2 aliphatic rings. The number of carbonyl (C=O) groups excluding carboxylic acids is 1. The highest BCUT2D eigenvalue weighted by Gasteiger charge is 2.28. The monoisotopic (exact) mass is 485 g/mol. The molecule has 172 valence electrons. The molecule has 2 aliphatic heterocycles. The van der Waals surface area contributed by atoms with E-state index in [1.54, 1.807) is 11.8 Å². The number of aromatic amines is 1. The van der Waals surface area contributed by atoms with Crippen LogP contribution in [0.25, 0.3) is 10.9 Å². The lowest BCUT2D eigenvalue weighted by atomic mass is 10.0. The zero-order valence-electron chi connectivity index (χ0n) is 17.7. The van der Waals surface area contributed by atoms with Crippen LogP contribution in [0.3, 0.4) is 0 Å². The number of hydrogen-bond donors (Lipinski definition) is 2. The number of rotatable bonds is 4. The molecule has 1 saturated heterocycles. The van der Waals surface area contributed by atoms with Crippen LogP contribution in [0.2, 0.25) is 0 Å². The number of ether oxygens (including phenoxy) is 1. The first kappa shape index (κ1) is 22.1. The minimum Gasteiger partial charge on any atom is -0.379 e. The van der Waals surface area contributed by atoms with Gasteiger partial charge in [0, 0.05) is 40.7 Å². The van der Waals surface area contributed by atoms with Crippen LogP contribution in [0.5, 0.6) is 0 Å². The van der Waals surface area contributed by atoms with Gasteiger partial charge in [-0.3, -0.25) is 9.59 Å². The number of thioether (sulfide) groups is 1. The molecule has 2 aromatic carbocycles. The van der Waals surface area contributed by atoms with Gasteiger partial charge in [-0.1, -0.05) is 18.2 Å². The predicted molar refractivity (Wildman–Crippen MR) is 126 cm³/mol. The fourth-order valence-corrected chi connectivity index (χ4v) is 6.81. The van der Waals surface area contributed by atoms with Crippen molar-refractivity contribution in [2.45, 2.75) is 22.3 Å². The van der Waals surface area contributed by atoms with Crippen LogP contribution < -0.4 is 10.9 Å². The summed E-state index contributed by atoms with van der Waals surface area (Å²) in [6.45, 7) is 1.24. The molecular weight excluding hydrogens is 462 g/mol. The number of sulfonamides is 1. The minimum absolute atomic E-state index is 0.0809. The van der Waals surface area contributed by atoms with Crippen LogP contribution >= 0.6 is 11.8 Å². The molecule has 0 bridgehead atoms. The van der Waals surface area contributed by atoms with Crippen molar-refractivity contribution >= 4 is 38.6 Å². The molecule has 5 rings (SSSR count). The van der Waals surface area contributed by atoms with Gasteiger partial charge >= 0.3 is 0 Å². The number of aromatic nitrogens is 1. The Morgan fingerprint density at radius 2 is 1.91 bits per heavy atom. The summed E-state index contributed by atoms with van der Waals surface area (Å²) in [5.41, 5.74) is 1.19. The van der Waals surface area contributed by atoms with E-state index in [0.29, 0.717) is 24.1 Å². The number of nitrogens with one attached hydrogen (secondary N) is 2. The van der Waals surface area contributed by atoms with Gasteiger partial charge in [-0.05, 0) is 36.2 Å². The summed E-state index contributed by atoms with van der Waals surface area (Å²) in [5.74, 6) is 0.471. The molecule has 0 saturated carbocycles. The third-order valence-electron chi connectivity index (χ3n) is 5.93. The Morgan fingerprint density at radius 3 is 2.73 bits per heavy atom. The van der Waals surface area contributed by atoms with Crippen molar-refractivity contribution in [1.29, 1.82) is 0 Å². The van der Waals surface area contributed by atoms with Gasteiger partial charge in [0.1, 0.15) is 0 Å². The number of morpholine rings is 1. The van der Waals surface area contributed by atoms with Crippen molar-refractivity contribution in [3.05, 3.63) is 70.0 Å². The number of fused-ring (bicyclic) bond motifs is 2. The first-order valence-corrected chi connectivity index (χ1v) is 13.1. The van der Waals surface area contributed by atoms with Gasteiger partial charge in [0.15, 0.2) is 0 Å². The molecule has 8 nitrogen and oxygen atoms in total. The lowest BCUT2D eigenvalue weighted by Crippen LogP contribution is -2.40. The number of amides is 1. The molecule has 3 aromatic rings. The van der Waals surface area contributed by atoms with Gasteiger partial charge in [-0.2, -0.15) is 4.31 Å². The number of nitrogens with zero attached hydrogens (tertiary/aromatic N) is 1. The topological polar surface area (TPSA) is 109 Å². The van der Waals surface area contributed by atoms with E-state index in [-0.39, 0.29) is 29.6 Å². The standard InChI is InChI=1S/C23H23N3O5S2/c27-22-14-18(23(28)25-20-7-12-32-21-4-2-1-3-16(20)21)17-13-15(5-6-19(17)24-22)33(29,30)26-8-10-31-11-9-26/h1-6,13-14,20H,7-12H2,(H,24,27)(H,25,28). The molecule has 0 radical (unpaired) electrons. The zero-order chi connectivity index (χ0) is 23.0. The maximum atomic E-state index is 13.3. The van der Waals surface area contributed by atoms with Crippen molar-refractivity contribution in [2.75, 3.05) is 32.1 Å². The van der Waals surface area contributed by atoms with E-state index < -0.39 is 21.5 Å². The van der Waals surface area contributed by atoms with Crippen molar-refractivity contribution < 1.29 is 17.9 Å². The molecule has 0 spiro atoms. The van der Waals surface area contributed by atoms with Crippen molar-refractivity contribution in [3.63, 3.8) is 0 Å². The van der Waals surface area contributed by atoms with E-state index in [9.17, 15) is 18.0 Å². The van der Waals surface area contributed by atoms with E-state index in [0.717, 1.165) is 22.6 Å². The van der Waals surface area contributed by atoms with Gasteiger partial charge in [0.2, 0.25) is 15.6 Å². The summed E-state index contributed by atoms with van der Waals surface area (Å²) in [6.07, 6.45) is 0.769. The minimum atomic E-state index is -3.75. The SMILES string of the molecule is O=C(NC1CCSc2ccccc21)c1cc(=O)[nH]c2ccc(S(=O)(=O)N3CCOCC3)cc12. The Hall–Kier alpha value is -2.66. The fraction of sp³-hybridized carbons (Fsp3) is 0.304. The number of pyridine rings is 1. The Bertz CT molecular complexity index is 1380. The molecule has 1 atom stereocenters. The molecule has 3 heterocycles. The predicted octanol–water partition coefficient (Wildman–Crippen LogP) is 2.52. The molecule has 1 unspecified atom stereocenters. The van der Waals surface area contributed by atoms with E-state index in [2.05, 4.69) is 10.3 Å². The fourth-order valence-electron chi connectivity index (χ4n) is 4.25. The normalized spacial score (nSPS) is 19.2. The highest BCUT2D eigenvalue weighted by Crippen LogP contribution is 2.36. The summed E-state index contributed by atoms with van der Waals surface area (Å²) >= 11 is 1.75. The van der Waals surface area contributed by atoms with E-state index in [1.165, 1.54) is 28.6 Å². The van der Waals surface area contributed by atoms with Crippen molar-refractivity contribution in [3.8, 4) is 0 Å². The molecule has 33 heavy (non-hydrogen) atoms. The molecule has 10 heteroatoms. The number of H-pyrrole nitrogens is 1. The lowest BCUT2D eigenvalue weighted by Gasteiger charge is -2.26. The second-order valence-electron chi connectivity index (χ2n) is 7.97. The Morgan fingerprint density at radius 1 is 1.12 bits per heavy atom. The summed E-state index contributed by atoms with van der Waals surface area (Å²) in [6, 6.07) is 13.4. The molecule has 2 N–H and O–H groups in total. The van der Waals surface area contributed by atoms with Crippen LogP contribution in [0.15, 0.2) is 63.1 Å². The third kappa shape index (κ3) is 4.31. The summed E-state index contributed by atoms with van der Waals surface area (Å²) in [7, 11) is -3.75. The number of hydrogen-bond acceptors (Lipinski definition) is 6. The average Bonchev–Trinajstić information content (AvgIpc) is 2.84. The molecule has 1 aromatic heterocycles. The van der Waals surface area contributed by atoms with E-state index >= 15 is 0 Å². The van der Waals surface area contributed by atoms with Crippen molar-refractivity contribution in [2.24, 2.45) is 0 Å². The molecule has 0 aliphatic carbocycles. The zero-order valence-corrected chi connectivity index (χ0v) is 19.4. The Kier molecular flexibility index (Phi) is 6.00. The summed E-state index contributed by atoms with van der Waals surface area (Å²) < 4.78 is 32.9. The number of benzene rings is 2. The van der Waals surface area contributed by atoms with Crippen LogP contribution in [0.4, 0.5) is 0 Å². The van der Waals surface area contributed by atoms with E-state index in [4.69, 9.17) is 4.74 Å². The maximum absolute atomic E-state index is 13.3. The first-order valence-electron chi connectivity index (χ1n) is 10.7. The van der Waals surface area contributed by atoms with Gasteiger partial charge in [0.25, 0.3) is 5.91 Å². The van der Waals surface area contributed by atoms with Gasteiger partial charge in [-0.15, -0.1) is 11.8 Å². The molecular formula is C23H23N3O5S2. The number of carbonyl (C=O) groups is 1. The van der Waals surface area contributed by atoms with Crippen LogP contribution in [0.1, 0.15) is 28.4 Å². The highest BCUT2D eigenvalue weighted by molar-refractivity contribution is 7.99. The average molecular weight is 486 g/mol. The first-order chi connectivity index (χ1) is 15.9. The lowest BCUT2D eigenvalue weighted by molar-refractivity contribution is 0.0730. The van der Waals surface area contributed by atoms with Crippen molar-refractivity contribution in [1.82, 2.24) is 14.6 Å². The third-order valence-corrected chi connectivity index (χ3v) is 8.95. The quantitative estimate of drug-likeness (QED) is 0.588. The van der Waals surface area contributed by atoms with E-state index in [1.807, 2.05) is 24.3 Å². The highest BCUT2D eigenvalue weighted by atomic mass is 32.2. The van der Waals surface area contributed by atoms with Crippen LogP contribution in [-0.4, -0.2) is 55.7 Å².